The average molecular weight is 562 g/mol. The molecule has 1 atom stereocenters. The number of rotatable bonds is 13. The summed E-state index contributed by atoms with van der Waals surface area (Å²) < 4.78 is 42.6. The van der Waals surface area contributed by atoms with E-state index in [-0.39, 0.29) is 24.2 Å². The van der Waals surface area contributed by atoms with Gasteiger partial charge in [-0.2, -0.15) is 0 Å². The first-order valence-corrected chi connectivity index (χ1v) is 14.9. The summed E-state index contributed by atoms with van der Waals surface area (Å²) in [4.78, 5) is 28.7. The molecule has 0 aliphatic heterocycles. The summed E-state index contributed by atoms with van der Waals surface area (Å²) >= 11 is 0. The van der Waals surface area contributed by atoms with E-state index >= 15 is 0 Å². The third-order valence-electron chi connectivity index (χ3n) is 6.93. The summed E-state index contributed by atoms with van der Waals surface area (Å²) in [6.45, 7) is 1.48. The van der Waals surface area contributed by atoms with Crippen molar-refractivity contribution in [3.63, 3.8) is 0 Å². The Balaban J connectivity index is 1.95. The number of carbonyl (C=O) groups excluding carboxylic acids is 2. The first-order chi connectivity index (χ1) is 18.6. The highest BCUT2D eigenvalue weighted by atomic mass is 32.2. The van der Waals surface area contributed by atoms with Crippen molar-refractivity contribution in [1.29, 1.82) is 0 Å². The van der Waals surface area contributed by atoms with Crippen LogP contribution < -0.4 is 23.8 Å². The zero-order valence-corrected chi connectivity index (χ0v) is 24.1. The normalized spacial score (nSPS) is 14.4. The van der Waals surface area contributed by atoms with Crippen molar-refractivity contribution in [2.45, 2.75) is 57.7 Å². The summed E-state index contributed by atoms with van der Waals surface area (Å²) in [6, 6.07) is 11.2. The van der Waals surface area contributed by atoms with Crippen LogP contribution in [0.1, 0.15) is 44.6 Å². The Morgan fingerprint density at radius 1 is 0.974 bits per heavy atom. The molecule has 2 aromatic carbocycles. The van der Waals surface area contributed by atoms with Gasteiger partial charge in [-0.05, 0) is 49.1 Å². The van der Waals surface area contributed by atoms with Gasteiger partial charge in [-0.3, -0.25) is 13.9 Å². The van der Waals surface area contributed by atoms with Gasteiger partial charge in [0.15, 0.2) is 11.5 Å². The first-order valence-electron chi connectivity index (χ1n) is 13.0. The minimum atomic E-state index is -3.87. The molecule has 1 N–H and O–H groups in total. The summed E-state index contributed by atoms with van der Waals surface area (Å²) in [5, 5.41) is 3.10. The molecule has 39 heavy (non-hydrogen) atoms. The molecule has 1 saturated carbocycles. The molecule has 214 valence electrons. The number of sulfonamides is 1. The Kier molecular flexibility index (Phi) is 10.4. The van der Waals surface area contributed by atoms with E-state index in [2.05, 4.69) is 5.32 Å². The van der Waals surface area contributed by atoms with Crippen LogP contribution in [0.15, 0.2) is 42.5 Å². The summed E-state index contributed by atoms with van der Waals surface area (Å²) in [7, 11) is 0.624. The molecule has 11 heteroatoms. The number of amides is 2. The quantitative estimate of drug-likeness (QED) is 0.399. The van der Waals surface area contributed by atoms with Crippen LogP contribution in [0.4, 0.5) is 5.69 Å². The topological polar surface area (TPSA) is 114 Å². The number of nitrogens with zero attached hydrogens (tertiary/aromatic N) is 2. The second-order valence-electron chi connectivity index (χ2n) is 9.59. The van der Waals surface area contributed by atoms with Crippen molar-refractivity contribution in [2.75, 3.05) is 38.4 Å². The molecule has 3 rings (SSSR count). The third-order valence-corrected chi connectivity index (χ3v) is 8.07. The van der Waals surface area contributed by atoms with Crippen LogP contribution in [-0.2, 0) is 26.2 Å². The standard InChI is InChI=1S/C28H39N3O7S/c1-6-24(28(33)29-21-9-7-8-10-21)30(18-20-11-14-23(36-2)15-12-20)27(32)19-31(39(5,34)35)22-13-16-25(37-3)26(17-22)38-4/h11-17,21,24H,6-10,18-19H2,1-5H3,(H,29,33)/t24-/m1/s1. The Bertz CT molecular complexity index is 1230. The molecule has 0 saturated heterocycles. The number of carbonyl (C=O) groups is 2. The van der Waals surface area contributed by atoms with E-state index < -0.39 is 28.5 Å². The fourth-order valence-electron chi connectivity index (χ4n) is 4.81. The molecule has 2 amide bonds. The van der Waals surface area contributed by atoms with E-state index in [1.807, 2.05) is 19.1 Å². The van der Waals surface area contributed by atoms with Crippen molar-refractivity contribution in [1.82, 2.24) is 10.2 Å². The van der Waals surface area contributed by atoms with Gasteiger partial charge in [0.2, 0.25) is 21.8 Å². The molecule has 1 aliphatic carbocycles. The minimum absolute atomic E-state index is 0.0868. The van der Waals surface area contributed by atoms with Crippen molar-refractivity contribution < 1.29 is 32.2 Å². The molecule has 0 bridgehead atoms. The maximum Gasteiger partial charge on any atom is 0.244 e. The van der Waals surface area contributed by atoms with Gasteiger partial charge >= 0.3 is 0 Å². The minimum Gasteiger partial charge on any atom is -0.497 e. The van der Waals surface area contributed by atoms with E-state index in [0.717, 1.165) is 41.8 Å². The molecular weight excluding hydrogens is 522 g/mol. The van der Waals surface area contributed by atoms with Gasteiger partial charge in [0.05, 0.1) is 33.3 Å². The lowest BCUT2D eigenvalue weighted by molar-refractivity contribution is -0.140. The van der Waals surface area contributed by atoms with E-state index in [0.29, 0.717) is 23.7 Å². The van der Waals surface area contributed by atoms with Crippen molar-refractivity contribution >= 4 is 27.5 Å². The lowest BCUT2D eigenvalue weighted by Gasteiger charge is -2.33. The van der Waals surface area contributed by atoms with Crippen LogP contribution >= 0.6 is 0 Å². The maximum atomic E-state index is 13.9. The van der Waals surface area contributed by atoms with Crippen LogP contribution in [0.5, 0.6) is 17.2 Å². The Morgan fingerprint density at radius 3 is 2.15 bits per heavy atom. The zero-order chi connectivity index (χ0) is 28.6. The molecule has 0 radical (unpaired) electrons. The molecule has 0 heterocycles. The number of ether oxygens (including phenoxy) is 3. The predicted octanol–water partition coefficient (Wildman–Crippen LogP) is 3.34. The SMILES string of the molecule is CC[C@H](C(=O)NC1CCCC1)N(Cc1ccc(OC)cc1)C(=O)CN(c1ccc(OC)c(OC)c1)S(C)(=O)=O. The number of hydrogen-bond donors (Lipinski definition) is 1. The number of nitrogens with one attached hydrogen (secondary N) is 1. The maximum absolute atomic E-state index is 13.9. The summed E-state index contributed by atoms with van der Waals surface area (Å²) in [5.41, 5.74) is 1.03. The first kappa shape index (κ1) is 30.1. The third kappa shape index (κ3) is 7.78. The number of methoxy groups -OCH3 is 3. The second-order valence-corrected chi connectivity index (χ2v) is 11.5. The Labute approximate surface area is 231 Å². The monoisotopic (exact) mass is 561 g/mol. The highest BCUT2D eigenvalue weighted by molar-refractivity contribution is 7.92. The second kappa shape index (κ2) is 13.5. The molecule has 0 spiro atoms. The Hall–Kier alpha value is -3.47. The van der Waals surface area contributed by atoms with Gasteiger partial charge in [0, 0.05) is 18.7 Å². The van der Waals surface area contributed by atoms with E-state index in [9.17, 15) is 18.0 Å². The van der Waals surface area contributed by atoms with E-state index in [1.54, 1.807) is 31.4 Å². The predicted molar refractivity (Wildman–Crippen MR) is 150 cm³/mol. The van der Waals surface area contributed by atoms with Crippen LogP contribution in [0.3, 0.4) is 0 Å². The molecule has 10 nitrogen and oxygen atoms in total. The molecule has 2 aromatic rings. The Morgan fingerprint density at radius 2 is 1.62 bits per heavy atom. The van der Waals surface area contributed by atoms with E-state index in [4.69, 9.17) is 14.2 Å². The fraction of sp³-hybridized carbons (Fsp3) is 0.500. The van der Waals surface area contributed by atoms with Gasteiger partial charge in [-0.1, -0.05) is 31.9 Å². The van der Waals surface area contributed by atoms with Gasteiger partial charge in [-0.15, -0.1) is 0 Å². The van der Waals surface area contributed by atoms with Crippen molar-refractivity contribution in [3.05, 3.63) is 48.0 Å². The number of anilines is 1. The molecule has 0 aromatic heterocycles. The zero-order valence-electron chi connectivity index (χ0n) is 23.3. The van der Waals surface area contributed by atoms with Crippen molar-refractivity contribution in [3.8, 4) is 17.2 Å². The number of benzene rings is 2. The average Bonchev–Trinajstić information content (AvgIpc) is 3.43. The van der Waals surface area contributed by atoms with Crippen LogP contribution in [-0.4, -0.2) is 71.3 Å². The number of hydrogen-bond acceptors (Lipinski definition) is 7. The van der Waals surface area contributed by atoms with Crippen molar-refractivity contribution in [2.24, 2.45) is 0 Å². The summed E-state index contributed by atoms with van der Waals surface area (Å²) in [6.07, 6.45) is 5.35. The van der Waals surface area contributed by atoms with Gasteiger partial charge in [-0.25, -0.2) is 8.42 Å². The van der Waals surface area contributed by atoms with Crippen LogP contribution in [0.25, 0.3) is 0 Å². The lowest BCUT2D eigenvalue weighted by atomic mass is 10.1. The van der Waals surface area contributed by atoms with Gasteiger partial charge < -0.3 is 24.4 Å². The highest BCUT2D eigenvalue weighted by Gasteiger charge is 2.33. The molecule has 1 fully saturated rings. The van der Waals surface area contributed by atoms with Gasteiger partial charge in [0.1, 0.15) is 18.3 Å². The van der Waals surface area contributed by atoms with Gasteiger partial charge in [0.25, 0.3) is 0 Å². The highest BCUT2D eigenvalue weighted by Crippen LogP contribution is 2.32. The molecule has 0 unspecified atom stereocenters. The molecular formula is C28H39N3O7S. The fourth-order valence-corrected chi connectivity index (χ4v) is 5.65. The lowest BCUT2D eigenvalue weighted by Crippen LogP contribution is -2.53. The largest absolute Gasteiger partial charge is 0.497 e. The smallest absolute Gasteiger partial charge is 0.244 e. The van der Waals surface area contributed by atoms with Crippen LogP contribution in [0.2, 0.25) is 0 Å². The van der Waals surface area contributed by atoms with Crippen LogP contribution in [0, 0.1) is 0 Å². The summed E-state index contributed by atoms with van der Waals surface area (Å²) in [5.74, 6) is 0.687. The van der Waals surface area contributed by atoms with E-state index in [1.165, 1.54) is 25.2 Å². The molecule has 1 aliphatic rings.